The summed E-state index contributed by atoms with van der Waals surface area (Å²) in [6.45, 7) is 20.9. The first-order chi connectivity index (χ1) is 23.8. The molecule has 0 radical (unpaired) electrons. The quantitative estimate of drug-likeness (QED) is 0.0654. The number of phosphoric ester groups is 2. The zero-order chi connectivity index (χ0) is 38.2. The Morgan fingerprint density at radius 3 is 1.76 bits per heavy atom. The minimum atomic E-state index is -4.42. The normalized spacial score (nSPS) is 19.7. The van der Waals surface area contributed by atoms with E-state index in [9.17, 15) is 18.9 Å². The van der Waals surface area contributed by atoms with Gasteiger partial charge in [0.1, 0.15) is 17.1 Å². The van der Waals surface area contributed by atoms with Gasteiger partial charge in [-0.3, -0.25) is 18.5 Å². The van der Waals surface area contributed by atoms with E-state index < -0.39 is 21.7 Å². The molecule has 0 spiro atoms. The molecule has 0 saturated heterocycles. The predicted molar refractivity (Wildman–Crippen MR) is 203 cm³/mol. The van der Waals surface area contributed by atoms with Crippen molar-refractivity contribution in [2.75, 3.05) is 39.6 Å². The number of hydrogen-bond donors (Lipinski definition) is 2. The highest BCUT2D eigenvalue weighted by molar-refractivity contribution is 7.48. The van der Waals surface area contributed by atoms with Crippen LogP contribution in [-0.2, 0) is 38.6 Å². The second-order valence-electron chi connectivity index (χ2n) is 15.5. The molecule has 1 aromatic rings. The number of ether oxygens (including phenoxy) is 3. The van der Waals surface area contributed by atoms with Gasteiger partial charge < -0.3 is 23.6 Å². The van der Waals surface area contributed by atoms with Crippen molar-refractivity contribution in [2.45, 2.75) is 152 Å². The van der Waals surface area contributed by atoms with Gasteiger partial charge in [0.25, 0.3) is 0 Å². The van der Waals surface area contributed by atoms with Crippen LogP contribution in [0.5, 0.6) is 11.5 Å². The molecule has 1 heterocycles. The second kappa shape index (κ2) is 22.4. The summed E-state index contributed by atoms with van der Waals surface area (Å²) in [5.41, 5.74) is 3.24. The van der Waals surface area contributed by atoms with Crippen molar-refractivity contribution in [2.24, 2.45) is 17.8 Å². The summed E-state index contributed by atoms with van der Waals surface area (Å²) in [5.74, 6) is 3.57. The fourth-order valence-corrected chi connectivity index (χ4v) is 8.34. The van der Waals surface area contributed by atoms with E-state index in [1.54, 1.807) is 13.8 Å². The van der Waals surface area contributed by atoms with Crippen LogP contribution in [-0.4, -0.2) is 61.1 Å². The van der Waals surface area contributed by atoms with Gasteiger partial charge in [0, 0.05) is 5.56 Å². The summed E-state index contributed by atoms with van der Waals surface area (Å²) in [7, 11) is -8.52. The number of hydrogen-bond acceptors (Lipinski definition) is 9. The van der Waals surface area contributed by atoms with Gasteiger partial charge in [0.05, 0.1) is 45.7 Å². The van der Waals surface area contributed by atoms with Gasteiger partial charge in [-0.25, -0.2) is 9.13 Å². The summed E-state index contributed by atoms with van der Waals surface area (Å²) >= 11 is 0. The largest absolute Gasteiger partial charge is 0.527 e. The van der Waals surface area contributed by atoms with Crippen molar-refractivity contribution in [3.63, 3.8) is 0 Å². The molecule has 0 aromatic heterocycles. The molecule has 0 saturated carbocycles. The first-order valence-corrected chi connectivity index (χ1v) is 22.1. The molecule has 5 atom stereocenters. The van der Waals surface area contributed by atoms with Gasteiger partial charge in [-0.05, 0) is 102 Å². The molecule has 13 heteroatoms. The van der Waals surface area contributed by atoms with Crippen LogP contribution in [0.15, 0.2) is 0 Å². The average Bonchev–Trinajstić information content (AvgIpc) is 3.02. The van der Waals surface area contributed by atoms with Crippen LogP contribution in [0.2, 0.25) is 0 Å². The second-order valence-corrected chi connectivity index (χ2v) is 18.3. The van der Waals surface area contributed by atoms with E-state index in [-0.39, 0.29) is 45.2 Å². The zero-order valence-electron chi connectivity index (χ0n) is 33.3. The minimum absolute atomic E-state index is 0.0476. The number of fused-ring (bicyclic) bond motifs is 1. The van der Waals surface area contributed by atoms with Crippen LogP contribution in [0.4, 0.5) is 0 Å². The lowest BCUT2D eigenvalue weighted by atomic mass is 9.84. The molecule has 2 N–H and O–H groups in total. The van der Waals surface area contributed by atoms with Crippen LogP contribution in [0.25, 0.3) is 0 Å². The Bertz CT molecular complexity index is 1270. The Hall–Kier alpha value is -1.00. The maximum atomic E-state index is 12.9. The molecule has 2 rings (SSSR count). The van der Waals surface area contributed by atoms with E-state index in [2.05, 4.69) is 34.6 Å². The van der Waals surface area contributed by atoms with Crippen LogP contribution in [0.1, 0.15) is 135 Å². The van der Waals surface area contributed by atoms with E-state index >= 15 is 0 Å². The topological polar surface area (TPSA) is 139 Å². The first kappa shape index (κ1) is 46.2. The number of benzene rings is 1. The van der Waals surface area contributed by atoms with Gasteiger partial charge in [-0.15, -0.1) is 0 Å². The fourth-order valence-electron chi connectivity index (χ4n) is 6.58. The van der Waals surface area contributed by atoms with Crippen molar-refractivity contribution < 1.29 is 51.2 Å². The van der Waals surface area contributed by atoms with Crippen LogP contribution in [0.3, 0.4) is 0 Å². The van der Waals surface area contributed by atoms with Crippen molar-refractivity contribution >= 4 is 15.6 Å². The van der Waals surface area contributed by atoms with E-state index in [4.69, 9.17) is 32.3 Å². The molecule has 2 unspecified atom stereocenters. The Labute approximate surface area is 309 Å². The highest BCUT2D eigenvalue weighted by Gasteiger charge is 2.36. The summed E-state index contributed by atoms with van der Waals surface area (Å²) in [4.78, 5) is 20.0. The number of rotatable bonds is 27. The predicted octanol–water partition coefficient (Wildman–Crippen LogP) is 10.2. The van der Waals surface area contributed by atoms with Crippen molar-refractivity contribution in [3.8, 4) is 11.5 Å². The van der Waals surface area contributed by atoms with E-state index in [0.29, 0.717) is 11.7 Å². The molecule has 1 aliphatic heterocycles. The zero-order valence-corrected chi connectivity index (χ0v) is 35.1. The summed E-state index contributed by atoms with van der Waals surface area (Å²) in [6.07, 6.45) is 12.6. The third-order valence-corrected chi connectivity index (χ3v) is 11.8. The molecular weight excluding hydrogens is 694 g/mol. The Morgan fingerprint density at radius 1 is 0.706 bits per heavy atom. The van der Waals surface area contributed by atoms with Crippen molar-refractivity contribution in [1.82, 2.24) is 0 Å². The van der Waals surface area contributed by atoms with Crippen LogP contribution < -0.4 is 9.26 Å². The molecule has 11 nitrogen and oxygen atoms in total. The third kappa shape index (κ3) is 17.8. The smallest absolute Gasteiger partial charge is 0.487 e. The highest BCUT2D eigenvalue weighted by atomic mass is 31.2. The van der Waals surface area contributed by atoms with Gasteiger partial charge in [-0.1, -0.05) is 72.6 Å². The molecular formula is C38H70O11P2. The molecule has 0 bridgehead atoms. The number of phosphoric acid groups is 2. The fraction of sp³-hybridized carbons (Fsp3) is 0.842. The van der Waals surface area contributed by atoms with E-state index in [1.807, 2.05) is 20.8 Å². The van der Waals surface area contributed by atoms with Gasteiger partial charge in [0.15, 0.2) is 0 Å². The van der Waals surface area contributed by atoms with Crippen molar-refractivity contribution in [3.05, 3.63) is 22.3 Å². The summed E-state index contributed by atoms with van der Waals surface area (Å²) < 4.78 is 62.4. The van der Waals surface area contributed by atoms with E-state index in [0.717, 1.165) is 65.5 Å². The molecule has 1 aromatic carbocycles. The van der Waals surface area contributed by atoms with E-state index in [1.165, 1.54) is 44.9 Å². The maximum absolute atomic E-state index is 12.9. The standard InChI is InChI=1S/C38H70O11P2/c1-28(2)14-11-15-30(5)16-12-17-31(6)18-13-20-38(10)21-19-35-34(9)36(32(7)33(8)37(35)47-38)49-51(41,42)46-27-25-44-23-22-43-24-26-45-50(39,40)48-29(3)4/h28-31H,11-27H2,1-10H3,(H,39,40)(H,41,42)/t30-,31-,38-/m1/s1. The minimum Gasteiger partial charge on any atom is -0.487 e. The van der Waals surface area contributed by atoms with Gasteiger partial charge in [-0.2, -0.15) is 0 Å². The molecule has 0 aliphatic carbocycles. The molecule has 51 heavy (non-hydrogen) atoms. The Morgan fingerprint density at radius 2 is 1.22 bits per heavy atom. The van der Waals surface area contributed by atoms with Gasteiger partial charge in [0.2, 0.25) is 0 Å². The van der Waals surface area contributed by atoms with Crippen LogP contribution >= 0.6 is 15.6 Å². The summed E-state index contributed by atoms with van der Waals surface area (Å²) in [5, 5.41) is 0. The molecule has 0 amide bonds. The Kier molecular flexibility index (Phi) is 20.3. The lowest BCUT2D eigenvalue weighted by Gasteiger charge is -2.38. The van der Waals surface area contributed by atoms with Crippen molar-refractivity contribution in [1.29, 1.82) is 0 Å². The third-order valence-electron chi connectivity index (χ3n) is 9.73. The first-order valence-electron chi connectivity index (χ1n) is 19.1. The van der Waals surface area contributed by atoms with Crippen LogP contribution in [0, 0.1) is 38.5 Å². The maximum Gasteiger partial charge on any atom is 0.527 e. The molecule has 298 valence electrons. The molecule has 0 fully saturated rings. The monoisotopic (exact) mass is 764 g/mol. The van der Waals surface area contributed by atoms with Gasteiger partial charge >= 0.3 is 15.6 Å². The lowest BCUT2D eigenvalue weighted by molar-refractivity contribution is 0.0186. The average molecular weight is 765 g/mol. The highest BCUT2D eigenvalue weighted by Crippen LogP contribution is 2.51. The Balaban J connectivity index is 1.76. The summed E-state index contributed by atoms with van der Waals surface area (Å²) in [6, 6.07) is 0. The lowest BCUT2D eigenvalue weighted by Crippen LogP contribution is -2.37. The SMILES string of the molecule is Cc1c(C)c2c(c(C)c1OP(=O)(O)OCCOCCOCCOP(=O)(O)OC(C)C)CC[C@@](C)(CCC[C@H](C)CCC[C@H](C)CCCC(C)C)O2. The molecule has 1 aliphatic rings.